The Balaban J connectivity index is 1.81. The van der Waals surface area contributed by atoms with E-state index >= 15 is 0 Å². The van der Waals surface area contributed by atoms with Gasteiger partial charge in [0.05, 0.1) is 36.5 Å². The number of carbonyl (C=O) groups is 1. The van der Waals surface area contributed by atoms with Gasteiger partial charge in [0.15, 0.2) is 0 Å². The third-order valence-corrected chi connectivity index (χ3v) is 3.52. The predicted octanol–water partition coefficient (Wildman–Crippen LogP) is 2.85. The number of hydrazone groups is 1. The van der Waals surface area contributed by atoms with Gasteiger partial charge in [-0.1, -0.05) is 35.5 Å². The van der Waals surface area contributed by atoms with Gasteiger partial charge < -0.3 is 4.74 Å². The molecule has 0 atom stereocenters. The number of carbonyl (C=O) groups excluding carboxylic acids is 1. The standard InChI is InChI=1S/C18H19N5O2/c1-2-25-18(24)12-15(20-19-14-8-4-3-5-9-14)13-23-17-11-7-6-10-16(17)21-22-23/h3-11,19H,2,12-13H2,1H3/b20-15+. The Labute approximate surface area is 145 Å². The molecule has 7 nitrogen and oxygen atoms in total. The number of nitrogens with one attached hydrogen (secondary N) is 1. The molecule has 0 aliphatic heterocycles. The van der Waals surface area contributed by atoms with Crippen LogP contribution in [0.4, 0.5) is 5.69 Å². The molecule has 0 fully saturated rings. The molecule has 128 valence electrons. The summed E-state index contributed by atoms with van der Waals surface area (Å²) in [6.45, 7) is 2.46. The van der Waals surface area contributed by atoms with Gasteiger partial charge in [0, 0.05) is 0 Å². The average molecular weight is 337 g/mol. The number of esters is 1. The Morgan fingerprint density at radius 1 is 1.16 bits per heavy atom. The highest BCUT2D eigenvalue weighted by atomic mass is 16.5. The molecule has 1 N–H and O–H groups in total. The number of anilines is 1. The number of benzene rings is 2. The van der Waals surface area contributed by atoms with Crippen LogP contribution in [0, 0.1) is 0 Å². The van der Waals surface area contributed by atoms with Gasteiger partial charge in [0.2, 0.25) is 0 Å². The zero-order chi connectivity index (χ0) is 17.5. The van der Waals surface area contributed by atoms with E-state index < -0.39 is 0 Å². The maximum atomic E-state index is 11.9. The molecular formula is C18H19N5O2. The third kappa shape index (κ3) is 4.41. The van der Waals surface area contributed by atoms with Crippen LogP contribution >= 0.6 is 0 Å². The van der Waals surface area contributed by atoms with E-state index in [4.69, 9.17) is 4.74 Å². The summed E-state index contributed by atoms with van der Waals surface area (Å²) >= 11 is 0. The molecule has 3 rings (SSSR count). The monoisotopic (exact) mass is 337 g/mol. The predicted molar refractivity (Wildman–Crippen MR) is 96.3 cm³/mol. The number of hydrogen-bond donors (Lipinski definition) is 1. The Morgan fingerprint density at radius 2 is 1.92 bits per heavy atom. The number of hydrogen-bond acceptors (Lipinski definition) is 6. The van der Waals surface area contributed by atoms with E-state index in [1.165, 1.54) is 0 Å². The van der Waals surface area contributed by atoms with Crippen molar-refractivity contribution in [2.24, 2.45) is 5.10 Å². The summed E-state index contributed by atoms with van der Waals surface area (Å²) in [6.07, 6.45) is 0.0852. The first-order valence-corrected chi connectivity index (χ1v) is 8.06. The van der Waals surface area contributed by atoms with Crippen LogP contribution in [-0.2, 0) is 16.1 Å². The van der Waals surface area contributed by atoms with Gasteiger partial charge in [-0.3, -0.25) is 10.2 Å². The molecule has 2 aromatic carbocycles. The van der Waals surface area contributed by atoms with E-state index in [0.29, 0.717) is 18.9 Å². The molecule has 0 radical (unpaired) electrons. The van der Waals surface area contributed by atoms with Crippen molar-refractivity contribution >= 4 is 28.4 Å². The lowest BCUT2D eigenvalue weighted by Crippen LogP contribution is -2.19. The van der Waals surface area contributed by atoms with Gasteiger partial charge in [-0.2, -0.15) is 5.10 Å². The van der Waals surface area contributed by atoms with Gasteiger partial charge in [-0.25, -0.2) is 4.68 Å². The van der Waals surface area contributed by atoms with Crippen molar-refractivity contribution in [3.05, 3.63) is 54.6 Å². The Kier molecular flexibility index (Phi) is 5.36. The molecular weight excluding hydrogens is 318 g/mol. The van der Waals surface area contributed by atoms with Gasteiger partial charge in [0.1, 0.15) is 5.52 Å². The van der Waals surface area contributed by atoms with Crippen molar-refractivity contribution in [1.29, 1.82) is 0 Å². The SMILES string of the molecule is CCOC(=O)C/C(Cn1nnc2ccccc21)=N\Nc1ccccc1. The number of para-hydroxylation sites is 2. The van der Waals surface area contributed by atoms with Crippen LogP contribution < -0.4 is 5.43 Å². The molecule has 1 aromatic heterocycles. The first-order valence-electron chi connectivity index (χ1n) is 8.06. The van der Waals surface area contributed by atoms with Gasteiger partial charge in [-0.05, 0) is 31.2 Å². The Morgan fingerprint density at radius 3 is 2.72 bits per heavy atom. The maximum absolute atomic E-state index is 11.9. The highest BCUT2D eigenvalue weighted by Crippen LogP contribution is 2.11. The summed E-state index contributed by atoms with van der Waals surface area (Å²) in [6, 6.07) is 17.2. The molecule has 0 saturated heterocycles. The number of nitrogens with zero attached hydrogens (tertiary/aromatic N) is 4. The zero-order valence-electron chi connectivity index (χ0n) is 13.9. The lowest BCUT2D eigenvalue weighted by molar-refractivity contribution is -0.141. The second kappa shape index (κ2) is 8.05. The van der Waals surface area contributed by atoms with Crippen LogP contribution in [0.25, 0.3) is 11.0 Å². The number of rotatable bonds is 7. The van der Waals surface area contributed by atoms with Gasteiger partial charge in [0.25, 0.3) is 0 Å². The average Bonchev–Trinajstić information content (AvgIpc) is 3.04. The van der Waals surface area contributed by atoms with Crippen LogP contribution in [0.15, 0.2) is 59.7 Å². The van der Waals surface area contributed by atoms with Crippen LogP contribution in [0.5, 0.6) is 0 Å². The van der Waals surface area contributed by atoms with Gasteiger partial charge >= 0.3 is 5.97 Å². The molecule has 0 unspecified atom stereocenters. The smallest absolute Gasteiger partial charge is 0.311 e. The molecule has 0 amide bonds. The normalized spacial score (nSPS) is 11.5. The molecule has 0 saturated carbocycles. The largest absolute Gasteiger partial charge is 0.466 e. The number of fused-ring (bicyclic) bond motifs is 1. The lowest BCUT2D eigenvalue weighted by Gasteiger charge is -2.08. The first-order chi connectivity index (χ1) is 12.3. The fraction of sp³-hybridized carbons (Fsp3) is 0.222. The topological polar surface area (TPSA) is 81.4 Å². The minimum Gasteiger partial charge on any atom is -0.466 e. The summed E-state index contributed by atoms with van der Waals surface area (Å²) in [5.41, 5.74) is 6.11. The van der Waals surface area contributed by atoms with E-state index in [1.54, 1.807) is 11.6 Å². The zero-order valence-corrected chi connectivity index (χ0v) is 13.9. The minimum absolute atomic E-state index is 0.0852. The van der Waals surface area contributed by atoms with E-state index in [-0.39, 0.29) is 12.4 Å². The maximum Gasteiger partial charge on any atom is 0.311 e. The highest BCUT2D eigenvalue weighted by Gasteiger charge is 2.12. The van der Waals surface area contributed by atoms with Crippen molar-refractivity contribution in [2.45, 2.75) is 19.9 Å². The van der Waals surface area contributed by atoms with Crippen LogP contribution in [0.1, 0.15) is 13.3 Å². The first kappa shape index (κ1) is 16.6. The lowest BCUT2D eigenvalue weighted by atomic mass is 10.2. The number of aromatic nitrogens is 3. The number of ether oxygens (including phenoxy) is 1. The minimum atomic E-state index is -0.319. The van der Waals surface area contributed by atoms with Crippen LogP contribution in [-0.4, -0.2) is 33.3 Å². The summed E-state index contributed by atoms with van der Waals surface area (Å²) in [4.78, 5) is 11.9. The molecule has 3 aromatic rings. The molecule has 0 aliphatic rings. The van der Waals surface area contributed by atoms with Crippen molar-refractivity contribution in [3.63, 3.8) is 0 Å². The Bertz CT molecular complexity index is 873. The fourth-order valence-electron chi connectivity index (χ4n) is 2.37. The summed E-state index contributed by atoms with van der Waals surface area (Å²) < 4.78 is 6.76. The van der Waals surface area contributed by atoms with E-state index in [0.717, 1.165) is 16.7 Å². The Hall–Kier alpha value is -3.22. The molecule has 1 heterocycles. The van der Waals surface area contributed by atoms with Crippen molar-refractivity contribution in [2.75, 3.05) is 12.0 Å². The van der Waals surface area contributed by atoms with Crippen molar-refractivity contribution in [3.8, 4) is 0 Å². The van der Waals surface area contributed by atoms with Crippen LogP contribution in [0.2, 0.25) is 0 Å². The quantitative estimate of drug-likeness (QED) is 0.407. The summed E-state index contributed by atoms with van der Waals surface area (Å²) in [7, 11) is 0. The van der Waals surface area contributed by atoms with Crippen molar-refractivity contribution < 1.29 is 9.53 Å². The third-order valence-electron chi connectivity index (χ3n) is 3.52. The van der Waals surface area contributed by atoms with Gasteiger partial charge in [-0.15, -0.1) is 5.10 Å². The molecule has 0 spiro atoms. The van der Waals surface area contributed by atoms with E-state index in [1.807, 2.05) is 54.6 Å². The fourth-order valence-corrected chi connectivity index (χ4v) is 2.37. The molecule has 7 heteroatoms. The van der Waals surface area contributed by atoms with E-state index in [2.05, 4.69) is 20.8 Å². The second-order valence-electron chi connectivity index (χ2n) is 5.37. The molecule has 0 bridgehead atoms. The second-order valence-corrected chi connectivity index (χ2v) is 5.37. The van der Waals surface area contributed by atoms with E-state index in [9.17, 15) is 4.79 Å². The summed E-state index contributed by atoms with van der Waals surface area (Å²) in [5, 5.41) is 12.7. The highest BCUT2D eigenvalue weighted by molar-refractivity contribution is 5.99. The van der Waals surface area contributed by atoms with Crippen molar-refractivity contribution in [1.82, 2.24) is 15.0 Å². The molecule has 0 aliphatic carbocycles. The summed E-state index contributed by atoms with van der Waals surface area (Å²) in [5.74, 6) is -0.319. The molecule has 25 heavy (non-hydrogen) atoms. The van der Waals surface area contributed by atoms with Crippen LogP contribution in [0.3, 0.4) is 0 Å².